The molecule has 2 amide bonds. The lowest BCUT2D eigenvalue weighted by Crippen LogP contribution is -2.53. The number of nitrogens with zero attached hydrogens (tertiary/aromatic N) is 3. The molecule has 0 spiro atoms. The van der Waals surface area contributed by atoms with Crippen molar-refractivity contribution in [1.82, 2.24) is 36.4 Å². The van der Waals surface area contributed by atoms with E-state index in [1.54, 1.807) is 4.90 Å². The van der Waals surface area contributed by atoms with Gasteiger partial charge in [-0.25, -0.2) is 10.9 Å². The summed E-state index contributed by atoms with van der Waals surface area (Å²) >= 11 is 0. The number of amides is 2. The average molecular weight is 445 g/mol. The third-order valence-electron chi connectivity index (χ3n) is 4.44. The molecule has 5 N–H and O–H groups in total. The third-order valence-corrected chi connectivity index (χ3v) is 4.44. The fourth-order valence-corrected chi connectivity index (χ4v) is 2.97. The maximum atomic E-state index is 11.8. The number of likely N-dealkylation sites (N-methyl/N-ethyl adjacent to an activating group) is 2. The van der Waals surface area contributed by atoms with Gasteiger partial charge in [-0.15, -0.1) is 0 Å². The monoisotopic (exact) mass is 445 g/mol. The number of carboxylic acids is 1. The minimum absolute atomic E-state index is 0.123. The van der Waals surface area contributed by atoms with Crippen LogP contribution in [0.5, 0.6) is 0 Å². The van der Waals surface area contributed by atoms with Crippen LogP contribution in [0.15, 0.2) is 0 Å². The van der Waals surface area contributed by atoms with Crippen molar-refractivity contribution >= 4 is 29.7 Å². The molecular weight excluding hydrogens is 418 g/mol. The zero-order valence-electron chi connectivity index (χ0n) is 17.3. The molecule has 0 saturated carbocycles. The maximum Gasteiger partial charge on any atom is 0.323 e. The van der Waals surface area contributed by atoms with Crippen LogP contribution in [-0.2, 0) is 33.4 Å². The number of hydrogen-bond donors (Lipinski definition) is 5. The van der Waals surface area contributed by atoms with Crippen molar-refractivity contribution in [3.05, 3.63) is 0 Å². The summed E-state index contributed by atoms with van der Waals surface area (Å²) < 4.78 is 9.87. The first-order chi connectivity index (χ1) is 14.7. The van der Waals surface area contributed by atoms with E-state index in [4.69, 9.17) is 14.6 Å². The van der Waals surface area contributed by atoms with Crippen molar-refractivity contribution in [2.45, 2.75) is 12.5 Å². The standard InChI is InChI=1S/C16H27N7O8/c1-17-13(28)15-22(8-11(26)30-15)19-3-5-21(7-10(24)25)6-4-20-23-9-12(27)31-16(23)14(29)18-2/h15-16,19-20H,3-9H2,1-2H3,(H,17,28)(H,18,29)(H,24,25). The van der Waals surface area contributed by atoms with Crippen molar-refractivity contribution in [2.24, 2.45) is 0 Å². The molecule has 2 aliphatic heterocycles. The summed E-state index contributed by atoms with van der Waals surface area (Å²) in [6, 6.07) is 0. The fraction of sp³-hybridized carbons (Fsp3) is 0.688. The van der Waals surface area contributed by atoms with Crippen molar-refractivity contribution in [1.29, 1.82) is 0 Å². The Hall–Kier alpha value is -2.85. The SMILES string of the molecule is CNC(=O)C1OC(=O)CN1NCCN(CCNN1CC(=O)OC1C(=O)NC)CC(=O)O. The number of nitrogens with one attached hydrogen (secondary N) is 4. The molecular formula is C16H27N7O8. The van der Waals surface area contributed by atoms with E-state index >= 15 is 0 Å². The molecule has 2 saturated heterocycles. The fourth-order valence-electron chi connectivity index (χ4n) is 2.97. The highest BCUT2D eigenvalue weighted by atomic mass is 16.6. The molecule has 174 valence electrons. The van der Waals surface area contributed by atoms with Crippen LogP contribution in [0.2, 0.25) is 0 Å². The van der Waals surface area contributed by atoms with Gasteiger partial charge in [-0.1, -0.05) is 0 Å². The van der Waals surface area contributed by atoms with Gasteiger partial charge in [0, 0.05) is 40.3 Å². The Kier molecular flexibility index (Phi) is 9.07. The number of aliphatic carboxylic acids is 1. The summed E-state index contributed by atoms with van der Waals surface area (Å²) in [5, 5.41) is 16.6. The molecule has 2 rings (SSSR count). The molecule has 2 fully saturated rings. The summed E-state index contributed by atoms with van der Waals surface area (Å²) in [6.45, 7) is 0.519. The average Bonchev–Trinajstić information content (AvgIpc) is 3.28. The van der Waals surface area contributed by atoms with Gasteiger partial charge in [0.1, 0.15) is 13.1 Å². The molecule has 31 heavy (non-hydrogen) atoms. The van der Waals surface area contributed by atoms with Crippen LogP contribution in [0.3, 0.4) is 0 Å². The molecule has 0 aromatic carbocycles. The molecule has 0 aromatic rings. The Bertz CT molecular complexity index is 655. The van der Waals surface area contributed by atoms with Crippen molar-refractivity contribution in [2.75, 3.05) is 59.9 Å². The van der Waals surface area contributed by atoms with Gasteiger partial charge in [-0.2, -0.15) is 10.0 Å². The van der Waals surface area contributed by atoms with Gasteiger partial charge in [-0.05, 0) is 0 Å². The van der Waals surface area contributed by atoms with Crippen molar-refractivity contribution in [3.8, 4) is 0 Å². The minimum Gasteiger partial charge on any atom is -0.480 e. The molecule has 0 bridgehead atoms. The van der Waals surface area contributed by atoms with Gasteiger partial charge in [-0.3, -0.25) is 28.9 Å². The smallest absolute Gasteiger partial charge is 0.323 e. The van der Waals surface area contributed by atoms with E-state index < -0.39 is 42.2 Å². The van der Waals surface area contributed by atoms with Crippen LogP contribution in [0.1, 0.15) is 0 Å². The number of hydrazine groups is 2. The summed E-state index contributed by atoms with van der Waals surface area (Å²) in [7, 11) is 2.84. The molecule has 15 heteroatoms. The number of ether oxygens (including phenoxy) is 2. The number of carbonyl (C=O) groups is 5. The molecule has 2 aliphatic rings. The number of carboxylic acid groups (broad SMARTS) is 1. The van der Waals surface area contributed by atoms with Crippen LogP contribution in [0, 0.1) is 0 Å². The maximum absolute atomic E-state index is 11.8. The zero-order chi connectivity index (χ0) is 23.0. The summed E-state index contributed by atoms with van der Waals surface area (Å²) in [6.07, 6.45) is -2.19. The highest BCUT2D eigenvalue weighted by Crippen LogP contribution is 2.09. The van der Waals surface area contributed by atoms with Crippen LogP contribution in [-0.4, -0.2) is 122 Å². The Balaban J connectivity index is 1.81. The van der Waals surface area contributed by atoms with E-state index in [2.05, 4.69) is 21.5 Å². The first-order valence-corrected chi connectivity index (χ1v) is 9.51. The Morgan fingerprint density at radius 1 is 0.935 bits per heavy atom. The minimum atomic E-state index is -1.10. The second-order valence-corrected chi connectivity index (χ2v) is 6.65. The van der Waals surface area contributed by atoms with Gasteiger partial charge in [0.05, 0.1) is 6.54 Å². The lowest BCUT2D eigenvalue weighted by atomic mass is 10.4. The molecule has 2 unspecified atom stereocenters. The second kappa shape index (κ2) is 11.5. The van der Waals surface area contributed by atoms with E-state index in [0.717, 1.165) is 0 Å². The van der Waals surface area contributed by atoms with Crippen molar-refractivity contribution in [3.63, 3.8) is 0 Å². The Morgan fingerprint density at radius 2 is 1.35 bits per heavy atom. The normalized spacial score (nSPS) is 21.8. The highest BCUT2D eigenvalue weighted by molar-refractivity contribution is 5.87. The summed E-state index contributed by atoms with van der Waals surface area (Å²) in [5.74, 6) is -3.12. The lowest BCUT2D eigenvalue weighted by molar-refractivity contribution is -0.151. The number of carbonyl (C=O) groups excluding carboxylic acids is 4. The predicted molar refractivity (Wildman–Crippen MR) is 101 cm³/mol. The van der Waals surface area contributed by atoms with Gasteiger partial charge in [0.25, 0.3) is 11.8 Å². The van der Waals surface area contributed by atoms with Crippen molar-refractivity contribution < 1.29 is 38.6 Å². The third kappa shape index (κ3) is 7.11. The van der Waals surface area contributed by atoms with Crippen LogP contribution in [0.25, 0.3) is 0 Å². The van der Waals surface area contributed by atoms with Gasteiger partial charge >= 0.3 is 17.9 Å². The summed E-state index contributed by atoms with van der Waals surface area (Å²) in [4.78, 5) is 59.2. The van der Waals surface area contributed by atoms with Gasteiger partial charge < -0.3 is 25.2 Å². The predicted octanol–water partition coefficient (Wildman–Crippen LogP) is -4.76. The van der Waals surface area contributed by atoms with Gasteiger partial charge in [0.15, 0.2) is 0 Å². The number of esters is 2. The first-order valence-electron chi connectivity index (χ1n) is 9.51. The van der Waals surface area contributed by atoms with Gasteiger partial charge in [0.2, 0.25) is 12.5 Å². The van der Waals surface area contributed by atoms with Crippen LogP contribution in [0.4, 0.5) is 0 Å². The van der Waals surface area contributed by atoms with E-state index in [0.29, 0.717) is 0 Å². The molecule has 0 aromatic heterocycles. The quantitative estimate of drug-likeness (QED) is 0.181. The molecule has 15 nitrogen and oxygen atoms in total. The lowest BCUT2D eigenvalue weighted by Gasteiger charge is -2.26. The zero-order valence-corrected chi connectivity index (χ0v) is 17.3. The largest absolute Gasteiger partial charge is 0.480 e. The molecule has 0 aliphatic carbocycles. The van der Waals surface area contributed by atoms with Crippen LogP contribution >= 0.6 is 0 Å². The molecule has 2 atom stereocenters. The van der Waals surface area contributed by atoms with Crippen LogP contribution < -0.4 is 21.5 Å². The van der Waals surface area contributed by atoms with E-state index in [-0.39, 0.29) is 45.8 Å². The Labute approximate surface area is 177 Å². The molecule has 2 heterocycles. The molecule has 0 radical (unpaired) electrons. The number of cyclic esters (lactones) is 2. The Morgan fingerprint density at radius 3 is 1.71 bits per heavy atom. The first kappa shape index (κ1) is 24.4. The van der Waals surface area contributed by atoms with E-state index in [1.807, 2.05) is 0 Å². The topological polar surface area (TPSA) is 182 Å². The second-order valence-electron chi connectivity index (χ2n) is 6.65. The number of rotatable bonds is 12. The summed E-state index contributed by atoms with van der Waals surface area (Å²) in [5.41, 5.74) is 5.78. The van der Waals surface area contributed by atoms with E-state index in [9.17, 15) is 24.0 Å². The highest BCUT2D eigenvalue weighted by Gasteiger charge is 2.38. The van der Waals surface area contributed by atoms with E-state index in [1.165, 1.54) is 24.1 Å². The number of hydrogen-bond acceptors (Lipinski definition) is 12.